The summed E-state index contributed by atoms with van der Waals surface area (Å²) in [5.41, 5.74) is 0.309. The molecule has 0 spiro atoms. The summed E-state index contributed by atoms with van der Waals surface area (Å²) < 4.78 is 62.6. The van der Waals surface area contributed by atoms with Gasteiger partial charge in [0.2, 0.25) is 10.0 Å². The number of hydrogen-bond acceptors (Lipinski definition) is 4. The Morgan fingerprint density at radius 2 is 1.57 bits per heavy atom. The highest BCUT2D eigenvalue weighted by Crippen LogP contribution is 2.22. The van der Waals surface area contributed by atoms with Gasteiger partial charge in [-0.15, -0.1) is 0 Å². The largest absolute Gasteiger partial charge is 0.276 e. The Hall–Kier alpha value is -1.07. The number of aryl methyl sites for hydroxylation is 1. The molecule has 1 heterocycles. The molecule has 1 fully saturated rings. The zero-order chi connectivity index (χ0) is 15.8. The highest BCUT2D eigenvalue weighted by atomic mass is 32.2. The van der Waals surface area contributed by atoms with Crippen molar-refractivity contribution in [1.82, 2.24) is 8.61 Å². The summed E-state index contributed by atoms with van der Waals surface area (Å²) in [6.07, 6.45) is 0. The van der Waals surface area contributed by atoms with E-state index >= 15 is 0 Å². The molecule has 0 saturated carbocycles. The van der Waals surface area contributed by atoms with Gasteiger partial charge >= 0.3 is 0 Å². The van der Waals surface area contributed by atoms with Gasteiger partial charge in [-0.05, 0) is 30.7 Å². The number of nitrogens with zero attached hydrogens (tertiary/aromatic N) is 2. The Morgan fingerprint density at radius 1 is 1.05 bits per heavy atom. The maximum absolute atomic E-state index is 13.1. The molecule has 1 aliphatic heterocycles. The average molecular weight is 337 g/mol. The van der Waals surface area contributed by atoms with Gasteiger partial charge in [-0.2, -0.15) is 17.0 Å². The molecule has 1 aromatic carbocycles. The van der Waals surface area contributed by atoms with Crippen LogP contribution in [0.3, 0.4) is 0 Å². The first-order chi connectivity index (χ1) is 9.62. The Balaban J connectivity index is 2.23. The third-order valence-electron chi connectivity index (χ3n) is 3.31. The van der Waals surface area contributed by atoms with Crippen LogP contribution in [0.1, 0.15) is 5.56 Å². The Bertz CT molecular complexity index is 741. The van der Waals surface area contributed by atoms with Crippen LogP contribution in [-0.2, 0) is 20.2 Å². The molecule has 0 bridgehead atoms. The Morgan fingerprint density at radius 3 is 2.05 bits per heavy atom. The molecule has 0 aromatic heterocycles. The molecule has 0 aliphatic carbocycles. The van der Waals surface area contributed by atoms with E-state index in [-0.39, 0.29) is 31.1 Å². The molecule has 7 nitrogen and oxygen atoms in total. The zero-order valence-corrected chi connectivity index (χ0v) is 13.0. The van der Waals surface area contributed by atoms with E-state index in [1.54, 1.807) is 0 Å². The SMILES string of the molecule is Cc1cc(F)ccc1S(=O)(=O)N1CCN(S(N)(=O)=O)CC1. The summed E-state index contributed by atoms with van der Waals surface area (Å²) in [6.45, 7) is 1.53. The van der Waals surface area contributed by atoms with Crippen molar-refractivity contribution in [3.8, 4) is 0 Å². The highest BCUT2D eigenvalue weighted by Gasteiger charge is 2.32. The first-order valence-corrected chi connectivity index (χ1v) is 9.11. The Kier molecular flexibility index (Phi) is 4.36. The van der Waals surface area contributed by atoms with Gasteiger partial charge in [0, 0.05) is 26.2 Å². The minimum absolute atomic E-state index is 0.00168. The standard InChI is InChI=1S/C11H16FN3O4S2/c1-9-8-10(12)2-3-11(9)20(16,17)14-4-6-15(7-5-14)21(13,18)19/h2-3,8H,4-7H2,1H3,(H2,13,18,19). The van der Waals surface area contributed by atoms with Crippen molar-refractivity contribution in [1.29, 1.82) is 0 Å². The summed E-state index contributed by atoms with van der Waals surface area (Å²) in [4.78, 5) is 0.0213. The molecule has 10 heteroatoms. The third kappa shape index (κ3) is 3.40. The minimum Gasteiger partial charge on any atom is -0.216 e. The summed E-state index contributed by atoms with van der Waals surface area (Å²) >= 11 is 0. The minimum atomic E-state index is -3.81. The van der Waals surface area contributed by atoms with Crippen molar-refractivity contribution in [2.45, 2.75) is 11.8 Å². The maximum atomic E-state index is 13.1. The van der Waals surface area contributed by atoms with Crippen molar-refractivity contribution < 1.29 is 21.2 Å². The first kappa shape index (κ1) is 16.3. The predicted molar refractivity (Wildman–Crippen MR) is 74.6 cm³/mol. The molecular formula is C11H16FN3O4S2. The van der Waals surface area contributed by atoms with E-state index < -0.39 is 26.0 Å². The second kappa shape index (κ2) is 5.61. The smallest absolute Gasteiger partial charge is 0.216 e. The number of benzene rings is 1. The fraction of sp³-hybridized carbons (Fsp3) is 0.455. The van der Waals surface area contributed by atoms with Crippen LogP contribution in [0.2, 0.25) is 0 Å². The fourth-order valence-corrected chi connectivity index (χ4v) is 4.51. The van der Waals surface area contributed by atoms with Crippen LogP contribution in [-0.4, -0.2) is 51.6 Å². The Labute approximate surface area is 123 Å². The van der Waals surface area contributed by atoms with E-state index in [0.29, 0.717) is 5.56 Å². The van der Waals surface area contributed by atoms with Gasteiger partial charge in [0.25, 0.3) is 10.2 Å². The number of piperazine rings is 1. The molecule has 1 saturated heterocycles. The first-order valence-electron chi connectivity index (χ1n) is 6.16. The maximum Gasteiger partial charge on any atom is 0.276 e. The van der Waals surface area contributed by atoms with Crippen molar-refractivity contribution in [2.24, 2.45) is 5.14 Å². The second-order valence-corrected chi connectivity index (χ2v) is 8.21. The van der Waals surface area contributed by atoms with Gasteiger partial charge in [0.15, 0.2) is 0 Å². The van der Waals surface area contributed by atoms with E-state index in [9.17, 15) is 21.2 Å². The van der Waals surface area contributed by atoms with Crippen LogP contribution < -0.4 is 5.14 Å². The van der Waals surface area contributed by atoms with Gasteiger partial charge in [-0.3, -0.25) is 0 Å². The summed E-state index contributed by atoms with van der Waals surface area (Å²) in [6, 6.07) is 3.44. The molecule has 0 radical (unpaired) electrons. The molecule has 2 rings (SSSR count). The fourth-order valence-electron chi connectivity index (χ4n) is 2.21. The lowest BCUT2D eigenvalue weighted by atomic mass is 10.2. The van der Waals surface area contributed by atoms with Crippen molar-refractivity contribution in [3.63, 3.8) is 0 Å². The third-order valence-corrected chi connectivity index (χ3v) is 6.46. The zero-order valence-electron chi connectivity index (χ0n) is 11.4. The number of rotatable bonds is 3. The van der Waals surface area contributed by atoms with Gasteiger partial charge in [-0.1, -0.05) is 0 Å². The molecular weight excluding hydrogens is 321 g/mol. The molecule has 0 unspecified atom stereocenters. The van der Waals surface area contributed by atoms with Crippen LogP contribution in [0.15, 0.2) is 23.1 Å². The van der Waals surface area contributed by atoms with Crippen LogP contribution in [0.5, 0.6) is 0 Å². The lowest BCUT2D eigenvalue weighted by Gasteiger charge is -2.32. The number of sulfonamides is 1. The second-order valence-electron chi connectivity index (χ2n) is 4.76. The number of halogens is 1. The van der Waals surface area contributed by atoms with Crippen molar-refractivity contribution >= 4 is 20.2 Å². The summed E-state index contributed by atoms with van der Waals surface area (Å²) in [5.74, 6) is -0.509. The molecule has 2 N–H and O–H groups in total. The van der Waals surface area contributed by atoms with Crippen LogP contribution in [0, 0.1) is 12.7 Å². The monoisotopic (exact) mass is 337 g/mol. The van der Waals surface area contributed by atoms with Crippen molar-refractivity contribution in [3.05, 3.63) is 29.6 Å². The van der Waals surface area contributed by atoms with E-state index in [1.165, 1.54) is 17.3 Å². The van der Waals surface area contributed by atoms with Crippen LogP contribution in [0.25, 0.3) is 0 Å². The van der Waals surface area contributed by atoms with E-state index in [2.05, 4.69) is 0 Å². The predicted octanol–water partition coefficient (Wildman–Crippen LogP) is -0.356. The molecule has 0 amide bonds. The van der Waals surface area contributed by atoms with Crippen LogP contribution in [0.4, 0.5) is 4.39 Å². The summed E-state index contributed by atoms with van der Waals surface area (Å²) in [7, 11) is -7.58. The topological polar surface area (TPSA) is 101 Å². The number of nitrogens with two attached hydrogens (primary N) is 1. The molecule has 1 aliphatic rings. The molecule has 0 atom stereocenters. The normalized spacial score (nSPS) is 18.8. The van der Waals surface area contributed by atoms with Gasteiger partial charge in [0.05, 0.1) is 4.90 Å². The molecule has 21 heavy (non-hydrogen) atoms. The molecule has 1 aromatic rings. The summed E-state index contributed by atoms with van der Waals surface area (Å²) in [5, 5.41) is 5.01. The van der Waals surface area contributed by atoms with E-state index in [0.717, 1.165) is 16.4 Å². The highest BCUT2D eigenvalue weighted by molar-refractivity contribution is 7.89. The quantitative estimate of drug-likeness (QED) is 0.814. The van der Waals surface area contributed by atoms with E-state index in [4.69, 9.17) is 5.14 Å². The van der Waals surface area contributed by atoms with Gasteiger partial charge in [0.1, 0.15) is 5.82 Å². The average Bonchev–Trinajstić information content (AvgIpc) is 2.37. The molecule has 118 valence electrons. The van der Waals surface area contributed by atoms with Gasteiger partial charge in [-0.25, -0.2) is 17.9 Å². The van der Waals surface area contributed by atoms with Crippen molar-refractivity contribution in [2.75, 3.05) is 26.2 Å². The van der Waals surface area contributed by atoms with E-state index in [1.807, 2.05) is 0 Å². The lowest BCUT2D eigenvalue weighted by Crippen LogP contribution is -2.52. The number of hydrogen-bond donors (Lipinski definition) is 1. The van der Waals surface area contributed by atoms with Crippen LogP contribution >= 0.6 is 0 Å². The van der Waals surface area contributed by atoms with Gasteiger partial charge < -0.3 is 0 Å². The lowest BCUT2D eigenvalue weighted by molar-refractivity contribution is 0.273.